The molecule has 0 saturated carbocycles. The molecule has 1 heterocycles. The van der Waals surface area contributed by atoms with Crippen molar-refractivity contribution in [2.45, 2.75) is 24.8 Å². The molecule has 0 aliphatic rings. The topological polar surface area (TPSA) is 38.9 Å². The van der Waals surface area contributed by atoms with Crippen LogP contribution < -0.4 is 5.73 Å². The van der Waals surface area contributed by atoms with Crippen molar-refractivity contribution in [2.24, 2.45) is 5.73 Å². The molecule has 0 saturated heterocycles. The van der Waals surface area contributed by atoms with Crippen LogP contribution in [0, 0.1) is 0 Å². The van der Waals surface area contributed by atoms with Crippen LogP contribution in [0.5, 0.6) is 0 Å². The van der Waals surface area contributed by atoms with Gasteiger partial charge in [-0.25, -0.2) is 4.98 Å². The molecule has 0 aliphatic carbocycles. The van der Waals surface area contributed by atoms with E-state index in [-0.39, 0.29) is 10.2 Å². The number of thiazole rings is 1. The van der Waals surface area contributed by atoms with E-state index in [2.05, 4.69) is 4.98 Å². The Morgan fingerprint density at radius 2 is 1.70 bits per heavy atom. The lowest BCUT2D eigenvalue weighted by molar-refractivity contribution is -0.184. The lowest BCUT2D eigenvalue weighted by Crippen LogP contribution is -2.47. The Labute approximate surface area is 113 Å². The van der Waals surface area contributed by atoms with Gasteiger partial charge in [-0.15, -0.1) is 11.3 Å². The van der Waals surface area contributed by atoms with Crippen molar-refractivity contribution in [1.82, 2.24) is 4.98 Å². The van der Waals surface area contributed by atoms with Gasteiger partial charge in [-0.1, -0.05) is 0 Å². The third-order valence-corrected chi connectivity index (χ3v) is 4.02. The summed E-state index contributed by atoms with van der Waals surface area (Å²) in [6.45, 7) is 0.732. The molecule has 0 amide bonds. The molecule has 2 nitrogen and oxygen atoms in total. The van der Waals surface area contributed by atoms with Crippen LogP contribution in [0.15, 0.2) is 18.2 Å². The summed E-state index contributed by atoms with van der Waals surface area (Å²) in [5.41, 5.74) is 1.39. The number of aromatic nitrogens is 1. The first-order valence-electron chi connectivity index (χ1n) is 5.27. The molecule has 9 heteroatoms. The molecule has 0 radical (unpaired) electrons. The average molecular weight is 314 g/mol. The third kappa shape index (κ3) is 2.47. The maximum Gasteiger partial charge on any atom is 0.416 e. The van der Waals surface area contributed by atoms with Crippen molar-refractivity contribution in [3.05, 3.63) is 28.8 Å². The van der Waals surface area contributed by atoms with Gasteiger partial charge in [0.2, 0.25) is 0 Å². The van der Waals surface area contributed by atoms with E-state index in [9.17, 15) is 26.3 Å². The van der Waals surface area contributed by atoms with E-state index in [0.717, 1.165) is 19.1 Å². The van der Waals surface area contributed by atoms with Crippen molar-refractivity contribution < 1.29 is 26.3 Å². The normalized spacial score (nSPS) is 16.4. The van der Waals surface area contributed by atoms with Crippen LogP contribution in [0.2, 0.25) is 0 Å². The summed E-state index contributed by atoms with van der Waals surface area (Å²) in [7, 11) is 0. The zero-order valence-corrected chi connectivity index (χ0v) is 10.7. The monoisotopic (exact) mass is 314 g/mol. The van der Waals surface area contributed by atoms with E-state index in [0.29, 0.717) is 17.4 Å². The lowest BCUT2D eigenvalue weighted by Gasteiger charge is -2.24. The molecular formula is C11H8F6N2S. The molecule has 0 fully saturated rings. The van der Waals surface area contributed by atoms with Crippen molar-refractivity contribution >= 4 is 21.6 Å². The van der Waals surface area contributed by atoms with Gasteiger partial charge in [-0.3, -0.25) is 0 Å². The average Bonchev–Trinajstić information content (AvgIpc) is 2.68. The number of nitrogens with two attached hydrogens (primary N) is 1. The van der Waals surface area contributed by atoms with Gasteiger partial charge in [-0.2, -0.15) is 26.3 Å². The quantitative estimate of drug-likeness (QED) is 0.807. The molecule has 20 heavy (non-hydrogen) atoms. The SMILES string of the molecule is CC(N)(c1nc2cc(C(F)(F)F)ccc2s1)C(F)(F)F. The van der Waals surface area contributed by atoms with E-state index in [1.54, 1.807) is 0 Å². The highest BCUT2D eigenvalue weighted by Gasteiger charge is 2.51. The van der Waals surface area contributed by atoms with Crippen LogP contribution >= 0.6 is 11.3 Å². The second-order valence-corrected chi connectivity index (χ2v) is 5.43. The minimum absolute atomic E-state index is 0.152. The molecular weight excluding hydrogens is 306 g/mol. The third-order valence-electron chi connectivity index (χ3n) is 2.75. The Morgan fingerprint density at radius 1 is 1.10 bits per heavy atom. The minimum Gasteiger partial charge on any atom is -0.312 e. The summed E-state index contributed by atoms with van der Waals surface area (Å²) in [6, 6.07) is 2.60. The number of benzene rings is 1. The largest absolute Gasteiger partial charge is 0.416 e. The Kier molecular flexibility index (Phi) is 3.25. The maximum atomic E-state index is 12.8. The van der Waals surface area contributed by atoms with Gasteiger partial charge in [-0.05, 0) is 25.1 Å². The minimum atomic E-state index is -4.74. The summed E-state index contributed by atoms with van der Waals surface area (Å²) < 4.78 is 76.1. The second-order valence-electron chi connectivity index (χ2n) is 4.40. The number of hydrogen-bond donors (Lipinski definition) is 1. The molecule has 1 aromatic carbocycles. The van der Waals surface area contributed by atoms with Crippen LogP contribution in [0.4, 0.5) is 26.3 Å². The van der Waals surface area contributed by atoms with E-state index in [1.807, 2.05) is 0 Å². The Balaban J connectivity index is 2.55. The molecule has 1 aromatic heterocycles. The Bertz CT molecular complexity index is 640. The van der Waals surface area contributed by atoms with Gasteiger partial charge in [0.05, 0.1) is 15.8 Å². The molecule has 2 aromatic rings. The lowest BCUT2D eigenvalue weighted by atomic mass is 10.1. The first-order valence-corrected chi connectivity index (χ1v) is 6.08. The number of alkyl halides is 6. The second kappa shape index (κ2) is 4.32. The smallest absolute Gasteiger partial charge is 0.312 e. The van der Waals surface area contributed by atoms with E-state index in [4.69, 9.17) is 5.73 Å². The number of rotatable bonds is 1. The first-order chi connectivity index (χ1) is 8.93. The van der Waals surface area contributed by atoms with Crippen LogP contribution in [0.3, 0.4) is 0 Å². The van der Waals surface area contributed by atoms with Crippen LogP contribution in [0.1, 0.15) is 17.5 Å². The van der Waals surface area contributed by atoms with Gasteiger partial charge in [0, 0.05) is 0 Å². The summed E-state index contributed by atoms with van der Waals surface area (Å²) in [5, 5.41) is -0.473. The molecule has 0 spiro atoms. The summed E-state index contributed by atoms with van der Waals surface area (Å²) >= 11 is 0.627. The zero-order valence-electron chi connectivity index (χ0n) is 9.93. The highest BCUT2D eigenvalue weighted by atomic mass is 32.1. The van der Waals surface area contributed by atoms with Gasteiger partial charge >= 0.3 is 12.4 Å². The van der Waals surface area contributed by atoms with Crippen LogP contribution in [-0.2, 0) is 11.7 Å². The molecule has 0 aliphatic heterocycles. The summed E-state index contributed by atoms with van der Waals surface area (Å²) in [5.74, 6) is 0. The highest BCUT2D eigenvalue weighted by Crippen LogP contribution is 2.40. The number of halogens is 6. The predicted octanol–water partition coefficient (Wildman–Crippen LogP) is 4.05. The molecule has 1 atom stereocenters. The highest BCUT2D eigenvalue weighted by molar-refractivity contribution is 7.18. The van der Waals surface area contributed by atoms with E-state index < -0.39 is 28.5 Å². The van der Waals surface area contributed by atoms with Crippen molar-refractivity contribution in [1.29, 1.82) is 0 Å². The van der Waals surface area contributed by atoms with Crippen molar-refractivity contribution in [3.63, 3.8) is 0 Å². The van der Waals surface area contributed by atoms with Gasteiger partial charge in [0.15, 0.2) is 5.54 Å². The van der Waals surface area contributed by atoms with Gasteiger partial charge < -0.3 is 5.73 Å². The molecule has 0 bridgehead atoms. The Hall–Kier alpha value is -1.35. The molecule has 2 rings (SSSR count). The van der Waals surface area contributed by atoms with Crippen LogP contribution in [-0.4, -0.2) is 11.2 Å². The molecule has 2 N–H and O–H groups in total. The van der Waals surface area contributed by atoms with Crippen LogP contribution in [0.25, 0.3) is 10.2 Å². The number of hydrogen-bond acceptors (Lipinski definition) is 3. The number of nitrogens with zero attached hydrogens (tertiary/aromatic N) is 1. The van der Waals surface area contributed by atoms with Gasteiger partial charge in [0.1, 0.15) is 5.01 Å². The predicted molar refractivity (Wildman–Crippen MR) is 62.2 cm³/mol. The van der Waals surface area contributed by atoms with Crippen molar-refractivity contribution in [2.75, 3.05) is 0 Å². The molecule has 1 unspecified atom stereocenters. The summed E-state index contributed by atoms with van der Waals surface area (Å²) in [4.78, 5) is 3.60. The zero-order chi connectivity index (χ0) is 15.3. The van der Waals surface area contributed by atoms with Crippen molar-refractivity contribution in [3.8, 4) is 0 Å². The maximum absolute atomic E-state index is 12.8. The fraction of sp³-hybridized carbons (Fsp3) is 0.364. The van der Waals surface area contributed by atoms with E-state index in [1.165, 1.54) is 0 Å². The molecule has 110 valence electrons. The fourth-order valence-electron chi connectivity index (χ4n) is 1.45. The summed E-state index contributed by atoms with van der Waals surface area (Å²) in [6.07, 6.45) is -9.32. The fourth-order valence-corrected chi connectivity index (χ4v) is 2.47. The first kappa shape index (κ1) is 15.0. The number of fused-ring (bicyclic) bond motifs is 1. The van der Waals surface area contributed by atoms with Gasteiger partial charge in [0.25, 0.3) is 0 Å². The Morgan fingerprint density at radius 3 is 2.20 bits per heavy atom. The standard InChI is InChI=1S/C11H8F6N2S/c1-9(18,11(15,16)17)8-19-6-4-5(10(12,13)14)2-3-7(6)20-8/h2-4H,18H2,1H3. The van der Waals surface area contributed by atoms with E-state index >= 15 is 0 Å².